The van der Waals surface area contributed by atoms with Gasteiger partial charge >= 0.3 is 0 Å². The fourth-order valence-electron chi connectivity index (χ4n) is 3.41. The first-order chi connectivity index (χ1) is 13.0. The lowest BCUT2D eigenvalue weighted by molar-refractivity contribution is 0.312. The topological polar surface area (TPSA) is 53.5 Å². The van der Waals surface area contributed by atoms with E-state index in [2.05, 4.69) is 21.8 Å². The van der Waals surface area contributed by atoms with Crippen LogP contribution in [0.5, 0.6) is 0 Å². The summed E-state index contributed by atoms with van der Waals surface area (Å²) in [5, 5.41) is 1.33. The average molecular weight is 402 g/mol. The zero-order valence-corrected chi connectivity index (χ0v) is 16.5. The van der Waals surface area contributed by atoms with Gasteiger partial charge in [-0.1, -0.05) is 29.8 Å². The quantitative estimate of drug-likeness (QED) is 0.672. The smallest absolute Gasteiger partial charge is 0.210 e. The van der Waals surface area contributed by atoms with Gasteiger partial charge in [0.1, 0.15) is 4.90 Å². The minimum Gasteiger partial charge on any atom is -0.367 e. The van der Waals surface area contributed by atoms with Crippen LogP contribution in [0.15, 0.2) is 64.5 Å². The lowest BCUT2D eigenvalue weighted by Crippen LogP contribution is -2.45. The van der Waals surface area contributed by atoms with E-state index in [0.717, 1.165) is 37.1 Å². The molecule has 1 aliphatic heterocycles. The number of piperazine rings is 1. The van der Waals surface area contributed by atoms with Crippen LogP contribution in [0.25, 0.3) is 10.9 Å². The van der Waals surface area contributed by atoms with Crippen molar-refractivity contribution >= 4 is 38.0 Å². The Morgan fingerprint density at radius 3 is 2.41 bits per heavy atom. The molecule has 0 aliphatic carbocycles. The molecule has 0 spiro atoms. The maximum absolute atomic E-state index is 13.4. The molecule has 0 unspecified atom stereocenters. The largest absolute Gasteiger partial charge is 0.367 e. The van der Waals surface area contributed by atoms with Crippen LogP contribution in [-0.4, -0.2) is 51.5 Å². The number of sulfone groups is 1. The number of hydrogen-bond acceptors (Lipinski definition) is 5. The van der Waals surface area contributed by atoms with Gasteiger partial charge < -0.3 is 9.80 Å². The van der Waals surface area contributed by atoms with Crippen LogP contribution < -0.4 is 4.90 Å². The van der Waals surface area contributed by atoms with Gasteiger partial charge in [0.05, 0.1) is 16.1 Å². The Morgan fingerprint density at radius 1 is 1.00 bits per heavy atom. The second kappa shape index (κ2) is 7.11. The molecule has 0 saturated carbocycles. The van der Waals surface area contributed by atoms with Gasteiger partial charge in [0.25, 0.3) is 0 Å². The Labute approximate surface area is 164 Å². The lowest BCUT2D eigenvalue weighted by Gasteiger charge is -2.35. The fourth-order valence-corrected chi connectivity index (χ4v) is 5.04. The van der Waals surface area contributed by atoms with E-state index in [0.29, 0.717) is 10.7 Å². The predicted octanol–water partition coefficient (Wildman–Crippen LogP) is 3.47. The second-order valence-electron chi connectivity index (χ2n) is 6.74. The van der Waals surface area contributed by atoms with Crippen LogP contribution >= 0.6 is 11.6 Å². The molecule has 1 fully saturated rings. The number of aromatic nitrogens is 1. The number of likely N-dealkylation sites (N-methyl/N-ethyl adjacent to an activating group) is 1. The van der Waals surface area contributed by atoms with Gasteiger partial charge in [-0.25, -0.2) is 8.42 Å². The summed E-state index contributed by atoms with van der Waals surface area (Å²) >= 11 is 6.23. The summed E-state index contributed by atoms with van der Waals surface area (Å²) in [7, 11) is -1.63. The van der Waals surface area contributed by atoms with Crippen LogP contribution in [0.1, 0.15) is 0 Å². The molecular weight excluding hydrogens is 382 g/mol. The molecule has 3 aromatic rings. The summed E-state index contributed by atoms with van der Waals surface area (Å²) in [6.07, 6.45) is 1.48. The number of benzene rings is 2. The van der Waals surface area contributed by atoms with Gasteiger partial charge in [-0.2, -0.15) is 0 Å². The molecule has 27 heavy (non-hydrogen) atoms. The van der Waals surface area contributed by atoms with Crippen molar-refractivity contribution in [1.82, 2.24) is 9.88 Å². The van der Waals surface area contributed by atoms with Crippen molar-refractivity contribution in [2.45, 2.75) is 9.79 Å². The molecule has 0 bridgehead atoms. The van der Waals surface area contributed by atoms with Gasteiger partial charge in [0.15, 0.2) is 0 Å². The molecule has 1 saturated heterocycles. The second-order valence-corrected chi connectivity index (χ2v) is 9.09. The highest BCUT2D eigenvalue weighted by molar-refractivity contribution is 7.91. The van der Waals surface area contributed by atoms with E-state index < -0.39 is 9.84 Å². The summed E-state index contributed by atoms with van der Waals surface area (Å²) in [6.45, 7) is 3.24. The standard InChI is InChI=1S/C20H20ClN3O2S/c1-23-9-11-24(12-10-23)20-17-13-15(21)7-8-18(17)22-14-19(20)27(25,26)16-5-3-2-4-6-16/h2-8,13-14H,9-12H2,1H3. The van der Waals surface area contributed by atoms with Crippen molar-refractivity contribution in [3.8, 4) is 0 Å². The molecule has 5 nitrogen and oxygen atoms in total. The number of rotatable bonds is 3. The van der Waals surface area contributed by atoms with Crippen LogP contribution in [0.3, 0.4) is 0 Å². The first kappa shape index (κ1) is 18.2. The Hall–Kier alpha value is -2.15. The molecule has 1 aromatic heterocycles. The van der Waals surface area contributed by atoms with Gasteiger partial charge in [-0.15, -0.1) is 0 Å². The normalized spacial score (nSPS) is 16.0. The van der Waals surface area contributed by atoms with E-state index >= 15 is 0 Å². The highest BCUT2D eigenvalue weighted by Gasteiger charge is 2.28. The molecule has 2 aromatic carbocycles. The number of hydrogen-bond donors (Lipinski definition) is 0. The lowest BCUT2D eigenvalue weighted by atomic mass is 10.1. The molecule has 7 heteroatoms. The highest BCUT2D eigenvalue weighted by Crippen LogP contribution is 2.37. The first-order valence-electron chi connectivity index (χ1n) is 8.79. The molecule has 0 radical (unpaired) electrons. The van der Waals surface area contributed by atoms with Crippen LogP contribution in [0.2, 0.25) is 5.02 Å². The fraction of sp³-hybridized carbons (Fsp3) is 0.250. The minimum atomic E-state index is -3.70. The predicted molar refractivity (Wildman–Crippen MR) is 108 cm³/mol. The summed E-state index contributed by atoms with van der Waals surface area (Å²) < 4.78 is 26.8. The first-order valence-corrected chi connectivity index (χ1v) is 10.6. The van der Waals surface area contributed by atoms with E-state index in [1.807, 2.05) is 12.1 Å². The van der Waals surface area contributed by atoms with Crippen LogP contribution in [0, 0.1) is 0 Å². The van der Waals surface area contributed by atoms with E-state index in [1.165, 1.54) is 6.20 Å². The zero-order valence-electron chi connectivity index (χ0n) is 15.0. The zero-order chi connectivity index (χ0) is 19.0. The van der Waals surface area contributed by atoms with E-state index in [1.54, 1.807) is 36.4 Å². The summed E-state index contributed by atoms with van der Waals surface area (Å²) in [6, 6.07) is 13.9. The third kappa shape index (κ3) is 3.40. The molecule has 1 aliphatic rings. The van der Waals surface area contributed by atoms with E-state index in [9.17, 15) is 8.42 Å². The van der Waals surface area contributed by atoms with Crippen LogP contribution in [-0.2, 0) is 9.84 Å². The Bertz CT molecular complexity index is 1080. The van der Waals surface area contributed by atoms with Gasteiger partial charge in [0.2, 0.25) is 9.84 Å². The maximum atomic E-state index is 13.4. The van der Waals surface area contributed by atoms with Crippen molar-refractivity contribution < 1.29 is 8.42 Å². The maximum Gasteiger partial charge on any atom is 0.210 e. The summed E-state index contributed by atoms with van der Waals surface area (Å²) in [5.74, 6) is 0. The summed E-state index contributed by atoms with van der Waals surface area (Å²) in [5.41, 5.74) is 1.43. The minimum absolute atomic E-state index is 0.230. The Morgan fingerprint density at radius 2 is 1.70 bits per heavy atom. The van der Waals surface area contributed by atoms with Gasteiger partial charge in [-0.3, -0.25) is 4.98 Å². The van der Waals surface area contributed by atoms with Crippen molar-refractivity contribution in [2.75, 3.05) is 38.1 Å². The molecule has 140 valence electrons. The molecule has 0 amide bonds. The van der Waals surface area contributed by atoms with Crippen molar-refractivity contribution in [3.05, 3.63) is 59.8 Å². The van der Waals surface area contributed by atoms with Crippen molar-refractivity contribution in [3.63, 3.8) is 0 Å². The number of fused-ring (bicyclic) bond motifs is 1. The van der Waals surface area contributed by atoms with E-state index in [4.69, 9.17) is 11.6 Å². The molecule has 2 heterocycles. The SMILES string of the molecule is CN1CCN(c2c(S(=O)(=O)c3ccccc3)cnc3ccc(Cl)cc23)CC1. The van der Waals surface area contributed by atoms with Crippen molar-refractivity contribution in [1.29, 1.82) is 0 Å². The monoisotopic (exact) mass is 401 g/mol. The number of pyridine rings is 1. The molecule has 4 rings (SSSR count). The number of anilines is 1. The van der Waals surface area contributed by atoms with Crippen LogP contribution in [0.4, 0.5) is 5.69 Å². The Balaban J connectivity index is 1.96. The van der Waals surface area contributed by atoms with E-state index in [-0.39, 0.29) is 9.79 Å². The highest BCUT2D eigenvalue weighted by atomic mass is 35.5. The summed E-state index contributed by atoms with van der Waals surface area (Å²) in [4.78, 5) is 9.28. The van der Waals surface area contributed by atoms with Crippen molar-refractivity contribution in [2.24, 2.45) is 0 Å². The van der Waals surface area contributed by atoms with Gasteiger partial charge in [0, 0.05) is 42.8 Å². The average Bonchev–Trinajstić information content (AvgIpc) is 2.68. The number of nitrogens with zero attached hydrogens (tertiary/aromatic N) is 3. The molecule has 0 atom stereocenters. The molecular formula is C20H20ClN3O2S. The number of halogens is 1. The third-order valence-corrected chi connectivity index (χ3v) is 6.94. The van der Waals surface area contributed by atoms with Gasteiger partial charge in [-0.05, 0) is 37.4 Å². The molecule has 0 N–H and O–H groups in total. The Kier molecular flexibility index (Phi) is 4.80. The third-order valence-electron chi connectivity index (χ3n) is 4.93.